The molecule has 0 bridgehead atoms. The van der Waals surface area contributed by atoms with Gasteiger partial charge in [0.05, 0.1) is 49.1 Å². The summed E-state index contributed by atoms with van der Waals surface area (Å²) >= 11 is 0. The Morgan fingerprint density at radius 1 is 0.667 bits per heavy atom. The lowest BCUT2D eigenvalue weighted by Gasteiger charge is -2.24. The van der Waals surface area contributed by atoms with E-state index >= 15 is 0 Å². The molecule has 0 unspecified atom stereocenters. The van der Waals surface area contributed by atoms with Crippen molar-refractivity contribution in [2.45, 2.75) is 82.3 Å². The second-order valence-electron chi connectivity index (χ2n) is 12.4. The van der Waals surface area contributed by atoms with E-state index in [0.717, 1.165) is 21.6 Å². The molecule has 0 aromatic carbocycles. The number of nitrogens with two attached hydrogens (primary N) is 3. The van der Waals surface area contributed by atoms with Crippen LogP contribution in [0.5, 0.6) is 0 Å². The number of amides is 2. The van der Waals surface area contributed by atoms with Crippen LogP contribution in [0.2, 0.25) is 0 Å². The normalized spacial score (nSPS) is 13.9. The fourth-order valence-electron chi connectivity index (χ4n) is 4.88. The number of aliphatic carboxylic acids is 5. The van der Waals surface area contributed by atoms with Gasteiger partial charge in [-0.25, -0.2) is 0 Å². The quantitative estimate of drug-likeness (QED) is 0.0110. The SMILES string of the molecule is NC(N)=NCCC[C@H](NC(=O)[C@H](CC(=O)O)CC(=O)CC[C@H](N)C(=O)O)C(=O)C[C@@H](CC(=O)O)C(=O)N[C@@H](CC(=O)O)C(=O)C[C@@H](CSSCCOC=O)C(=O)O. The molecule has 0 saturated heterocycles. The lowest BCUT2D eigenvalue weighted by atomic mass is 9.90. The summed E-state index contributed by atoms with van der Waals surface area (Å²) in [4.78, 5) is 138. The molecule has 2 amide bonds. The fraction of sp³-hybridized carbons (Fsp3) is 0.625. The summed E-state index contributed by atoms with van der Waals surface area (Å²) in [5.41, 5.74) is 16.0. The van der Waals surface area contributed by atoms with Crippen molar-refractivity contribution in [3.05, 3.63) is 0 Å². The van der Waals surface area contributed by atoms with Crippen molar-refractivity contribution in [1.82, 2.24) is 10.6 Å². The molecular formula is C32H48N6O17S2. The van der Waals surface area contributed by atoms with Gasteiger partial charge in [-0.05, 0) is 19.3 Å². The molecule has 23 nitrogen and oxygen atoms in total. The Kier molecular flexibility index (Phi) is 25.5. The zero-order chi connectivity index (χ0) is 43.7. The number of hydrogen-bond donors (Lipinski definition) is 10. The predicted molar refractivity (Wildman–Crippen MR) is 199 cm³/mol. The molecule has 0 fully saturated rings. The van der Waals surface area contributed by atoms with Crippen LogP contribution in [0.4, 0.5) is 0 Å². The van der Waals surface area contributed by atoms with Crippen molar-refractivity contribution in [3.8, 4) is 0 Å². The minimum Gasteiger partial charge on any atom is -0.481 e. The summed E-state index contributed by atoms with van der Waals surface area (Å²) in [6.45, 7) is 0.185. The number of carbonyl (C=O) groups excluding carboxylic acids is 6. The Balaban J connectivity index is 6.23. The fourth-order valence-corrected chi connectivity index (χ4v) is 7.02. The highest BCUT2D eigenvalue weighted by Gasteiger charge is 2.35. The average molecular weight is 853 g/mol. The molecule has 0 aliphatic rings. The standard InChI is InChI=1S/C32H48N6O17S2/c33-20(31(53)54)4-3-19(40)8-16(11-25(43)44)28(49)37-21(2-1-5-36-32(34)35)23(41)9-17(12-26(45)46)29(50)38-22(13-27(47)48)24(42)10-18(30(51)52)14-57-56-7-6-55-15-39/h15-18,20-22H,1-14,33H2,(H,37,49)(H,38,50)(H,43,44)(H,45,46)(H,47,48)(H,51,52)(H,53,54)(H4,34,35,36)/t16-,17-,18-,20-,21-,22-/m0/s1. The molecule has 25 heteroatoms. The van der Waals surface area contributed by atoms with Gasteiger partial charge in [-0.2, -0.15) is 0 Å². The summed E-state index contributed by atoms with van der Waals surface area (Å²) in [5.74, 6) is -17.4. The first kappa shape index (κ1) is 51.7. The molecule has 0 rings (SSSR count). The summed E-state index contributed by atoms with van der Waals surface area (Å²) in [6.07, 6.45) is -6.28. The monoisotopic (exact) mass is 852 g/mol. The third-order valence-corrected chi connectivity index (χ3v) is 10.2. The number of ether oxygens (including phenoxy) is 1. The first-order chi connectivity index (χ1) is 26.7. The smallest absolute Gasteiger partial charge is 0.320 e. The molecule has 320 valence electrons. The maximum Gasteiger partial charge on any atom is 0.320 e. The maximum absolute atomic E-state index is 13.6. The van der Waals surface area contributed by atoms with Gasteiger partial charge in [0.2, 0.25) is 11.8 Å². The second-order valence-corrected chi connectivity index (χ2v) is 15.1. The molecule has 6 atom stereocenters. The molecule has 0 aromatic heterocycles. The van der Waals surface area contributed by atoms with Gasteiger partial charge >= 0.3 is 29.8 Å². The van der Waals surface area contributed by atoms with Crippen molar-refractivity contribution < 1.29 is 83.0 Å². The van der Waals surface area contributed by atoms with Gasteiger partial charge in [0.15, 0.2) is 17.5 Å². The first-order valence-electron chi connectivity index (χ1n) is 17.1. The Morgan fingerprint density at radius 3 is 1.70 bits per heavy atom. The number of carboxylic acid groups (broad SMARTS) is 5. The molecule has 0 aromatic rings. The van der Waals surface area contributed by atoms with E-state index < -0.39 is 140 Å². The Hall–Kier alpha value is -5.30. The van der Waals surface area contributed by atoms with Crippen molar-refractivity contribution in [1.29, 1.82) is 0 Å². The van der Waals surface area contributed by atoms with Gasteiger partial charge in [0.25, 0.3) is 6.47 Å². The molecule has 0 heterocycles. The predicted octanol–water partition coefficient (Wildman–Crippen LogP) is -2.01. The minimum atomic E-state index is -1.85. The number of carboxylic acids is 5. The number of hydrogen-bond acceptors (Lipinski definition) is 16. The zero-order valence-corrected chi connectivity index (χ0v) is 32.2. The van der Waals surface area contributed by atoms with E-state index in [9.17, 15) is 73.2 Å². The van der Waals surface area contributed by atoms with Crippen LogP contribution < -0.4 is 27.8 Å². The van der Waals surface area contributed by atoms with E-state index in [1.165, 1.54) is 0 Å². The number of ketones is 3. The second kappa shape index (κ2) is 28.1. The van der Waals surface area contributed by atoms with E-state index in [1.54, 1.807) is 0 Å². The van der Waals surface area contributed by atoms with Gasteiger partial charge in [-0.1, -0.05) is 21.6 Å². The van der Waals surface area contributed by atoms with E-state index in [0.29, 0.717) is 5.75 Å². The van der Waals surface area contributed by atoms with Gasteiger partial charge in [-0.15, -0.1) is 0 Å². The molecule has 0 spiro atoms. The Morgan fingerprint density at radius 2 is 1.19 bits per heavy atom. The molecule has 0 aliphatic heterocycles. The van der Waals surface area contributed by atoms with Crippen LogP contribution >= 0.6 is 21.6 Å². The zero-order valence-electron chi connectivity index (χ0n) is 30.6. The third kappa shape index (κ3) is 24.1. The molecule has 13 N–H and O–H groups in total. The lowest BCUT2D eigenvalue weighted by molar-refractivity contribution is -0.145. The number of nitrogens with zero attached hydrogens (tertiary/aromatic N) is 1. The Bertz CT molecular complexity index is 1490. The highest BCUT2D eigenvalue weighted by Crippen LogP contribution is 2.26. The van der Waals surface area contributed by atoms with Crippen LogP contribution in [0, 0.1) is 17.8 Å². The minimum absolute atomic E-state index is 0.00320. The third-order valence-electron chi connectivity index (χ3n) is 7.79. The highest BCUT2D eigenvalue weighted by atomic mass is 33.1. The van der Waals surface area contributed by atoms with Gasteiger partial charge < -0.3 is 58.1 Å². The number of nitrogens with one attached hydrogen (secondary N) is 2. The number of guanidine groups is 1. The molecule has 0 saturated carbocycles. The van der Waals surface area contributed by atoms with E-state index in [4.69, 9.17) is 22.3 Å². The largest absolute Gasteiger partial charge is 0.481 e. The summed E-state index contributed by atoms with van der Waals surface area (Å²) in [5, 5.41) is 51.3. The van der Waals surface area contributed by atoms with Crippen LogP contribution in [0.1, 0.15) is 64.2 Å². The van der Waals surface area contributed by atoms with Crippen LogP contribution in [0.25, 0.3) is 0 Å². The van der Waals surface area contributed by atoms with Crippen molar-refractivity contribution >= 4 is 93.0 Å². The topological polar surface area (TPSA) is 413 Å². The van der Waals surface area contributed by atoms with E-state index in [-0.39, 0.29) is 50.6 Å². The van der Waals surface area contributed by atoms with Gasteiger partial charge in [0, 0.05) is 43.7 Å². The summed E-state index contributed by atoms with van der Waals surface area (Å²) in [7, 11) is 2.16. The number of aliphatic imine (C=N–C) groups is 1. The summed E-state index contributed by atoms with van der Waals surface area (Å²) < 4.78 is 4.52. The van der Waals surface area contributed by atoms with Crippen LogP contribution in [0.3, 0.4) is 0 Å². The number of rotatable bonds is 34. The molecule has 57 heavy (non-hydrogen) atoms. The van der Waals surface area contributed by atoms with Crippen LogP contribution in [-0.4, -0.2) is 140 Å². The number of carbonyl (C=O) groups is 11. The van der Waals surface area contributed by atoms with Crippen LogP contribution in [0.15, 0.2) is 4.99 Å². The van der Waals surface area contributed by atoms with Crippen molar-refractivity contribution in [2.75, 3.05) is 24.7 Å². The molecule has 0 radical (unpaired) electrons. The van der Waals surface area contributed by atoms with Gasteiger partial charge in [-0.3, -0.25) is 57.7 Å². The Labute approximate surface area is 333 Å². The van der Waals surface area contributed by atoms with Crippen molar-refractivity contribution in [3.63, 3.8) is 0 Å². The van der Waals surface area contributed by atoms with Crippen LogP contribution in [-0.2, 0) is 57.5 Å². The van der Waals surface area contributed by atoms with Gasteiger partial charge in [0.1, 0.15) is 18.4 Å². The summed E-state index contributed by atoms with van der Waals surface area (Å²) in [6, 6.07) is -4.80. The molecular weight excluding hydrogens is 805 g/mol. The highest BCUT2D eigenvalue weighted by molar-refractivity contribution is 8.76. The van der Waals surface area contributed by atoms with Crippen molar-refractivity contribution in [2.24, 2.45) is 39.9 Å². The average Bonchev–Trinajstić information content (AvgIpc) is 3.10. The lowest BCUT2D eigenvalue weighted by Crippen LogP contribution is -2.48. The van der Waals surface area contributed by atoms with E-state index in [2.05, 4.69) is 20.4 Å². The number of Topliss-reactive ketones (excluding diaryl/α,β-unsaturated/α-hetero) is 3. The first-order valence-corrected chi connectivity index (χ1v) is 19.6. The van der Waals surface area contributed by atoms with E-state index in [1.807, 2.05) is 0 Å². The maximum atomic E-state index is 13.6. The molecule has 0 aliphatic carbocycles.